The summed E-state index contributed by atoms with van der Waals surface area (Å²) in [5, 5.41) is 7.05. The van der Waals surface area contributed by atoms with Crippen molar-refractivity contribution in [1.82, 2.24) is 10.3 Å². The summed E-state index contributed by atoms with van der Waals surface area (Å²) in [6.07, 6.45) is 7.37. The highest BCUT2D eigenvalue weighted by Crippen LogP contribution is 2.37. The number of esters is 1. The van der Waals surface area contributed by atoms with Gasteiger partial charge in [-0.25, -0.2) is 0 Å². The molecule has 0 aliphatic heterocycles. The fourth-order valence-electron chi connectivity index (χ4n) is 5.53. The van der Waals surface area contributed by atoms with Gasteiger partial charge in [-0.15, -0.1) is 0 Å². The van der Waals surface area contributed by atoms with Gasteiger partial charge in [0.2, 0.25) is 0 Å². The molecular formula is C37H43N3O6. The summed E-state index contributed by atoms with van der Waals surface area (Å²) in [6.45, 7) is 5.28. The number of pyridine rings is 1. The second-order valence-corrected chi connectivity index (χ2v) is 12.0. The second kappa shape index (κ2) is 16.1. The number of rotatable bonds is 15. The van der Waals surface area contributed by atoms with Crippen LogP contribution >= 0.6 is 0 Å². The zero-order chi connectivity index (χ0) is 32.3. The molecule has 5 rings (SSSR count). The Morgan fingerprint density at radius 3 is 2.41 bits per heavy atom. The molecule has 3 aromatic carbocycles. The zero-order valence-electron chi connectivity index (χ0n) is 26.8. The summed E-state index contributed by atoms with van der Waals surface area (Å²) in [4.78, 5) is 29.8. The number of carbonyl (C=O) groups is 2. The van der Waals surface area contributed by atoms with Crippen LogP contribution in [0.4, 0.5) is 5.69 Å². The van der Waals surface area contributed by atoms with Crippen molar-refractivity contribution in [3.8, 4) is 23.0 Å². The largest absolute Gasteiger partial charge is 0.493 e. The minimum atomic E-state index is -0.317. The highest BCUT2D eigenvalue weighted by atomic mass is 16.5. The third-order valence-corrected chi connectivity index (χ3v) is 7.91. The van der Waals surface area contributed by atoms with Crippen molar-refractivity contribution < 1.29 is 28.5 Å². The van der Waals surface area contributed by atoms with Crippen molar-refractivity contribution in [2.24, 2.45) is 5.92 Å². The molecule has 1 atom stereocenters. The third-order valence-electron chi connectivity index (χ3n) is 7.91. The maximum atomic E-state index is 12.8. The van der Waals surface area contributed by atoms with E-state index < -0.39 is 0 Å². The van der Waals surface area contributed by atoms with Crippen LogP contribution in [-0.4, -0.2) is 49.3 Å². The molecule has 1 amide bonds. The standard InChI is InChI=1S/C37H43N3O6/c1-25(2)22-32(37(42)46-28-12-7-8-13-28)38-19-9-21-44-35-24-31-30(23-34(35)43-3)33(18-20-39-31)45-29-16-14-27(15-17-29)40-36(41)26-10-5-4-6-11-26/h4-6,10-11,14-18,20,23-25,28,32,38H,7-9,12-13,19,21-22H2,1-3H3,(H,40,41). The van der Waals surface area contributed by atoms with E-state index in [-0.39, 0.29) is 24.0 Å². The van der Waals surface area contributed by atoms with Crippen LogP contribution in [-0.2, 0) is 9.53 Å². The van der Waals surface area contributed by atoms with Gasteiger partial charge in [0.1, 0.15) is 23.6 Å². The molecule has 1 aliphatic rings. The maximum absolute atomic E-state index is 12.8. The number of hydrogen-bond acceptors (Lipinski definition) is 8. The Bertz CT molecular complexity index is 1590. The number of anilines is 1. The Balaban J connectivity index is 1.17. The highest BCUT2D eigenvalue weighted by Gasteiger charge is 2.26. The Hall–Kier alpha value is -4.63. The molecule has 0 spiro atoms. The summed E-state index contributed by atoms with van der Waals surface area (Å²) < 4.78 is 23.7. The molecule has 242 valence electrons. The lowest BCUT2D eigenvalue weighted by atomic mass is 10.0. The lowest BCUT2D eigenvalue weighted by molar-refractivity contribution is -0.151. The van der Waals surface area contributed by atoms with Gasteiger partial charge >= 0.3 is 5.97 Å². The molecule has 9 nitrogen and oxygen atoms in total. The first kappa shape index (κ1) is 32.8. The monoisotopic (exact) mass is 625 g/mol. The summed E-state index contributed by atoms with van der Waals surface area (Å²) in [6, 6.07) is 21.4. The van der Waals surface area contributed by atoms with E-state index in [1.54, 1.807) is 55.8 Å². The Kier molecular flexibility index (Phi) is 11.5. The lowest BCUT2D eigenvalue weighted by Gasteiger charge is -2.22. The number of methoxy groups -OCH3 is 1. The van der Waals surface area contributed by atoms with E-state index in [2.05, 4.69) is 29.5 Å². The van der Waals surface area contributed by atoms with Gasteiger partial charge in [-0.1, -0.05) is 32.0 Å². The predicted molar refractivity (Wildman–Crippen MR) is 179 cm³/mol. The summed E-state index contributed by atoms with van der Waals surface area (Å²) in [5.41, 5.74) is 1.95. The average Bonchev–Trinajstić information content (AvgIpc) is 3.58. The van der Waals surface area contributed by atoms with E-state index in [9.17, 15) is 9.59 Å². The summed E-state index contributed by atoms with van der Waals surface area (Å²) >= 11 is 0. The van der Waals surface area contributed by atoms with Gasteiger partial charge in [-0.2, -0.15) is 0 Å². The molecule has 1 aromatic heterocycles. The zero-order valence-corrected chi connectivity index (χ0v) is 26.8. The van der Waals surface area contributed by atoms with Crippen LogP contribution in [0.5, 0.6) is 23.0 Å². The molecule has 9 heteroatoms. The van der Waals surface area contributed by atoms with Crippen LogP contribution in [0.3, 0.4) is 0 Å². The molecule has 0 bridgehead atoms. The van der Waals surface area contributed by atoms with Crippen molar-refractivity contribution in [2.45, 2.75) is 64.5 Å². The first-order chi connectivity index (χ1) is 22.4. The molecule has 0 radical (unpaired) electrons. The topological polar surface area (TPSA) is 108 Å². The predicted octanol–water partition coefficient (Wildman–Crippen LogP) is 7.55. The molecule has 1 saturated carbocycles. The van der Waals surface area contributed by atoms with Crippen LogP contribution in [0.1, 0.15) is 62.7 Å². The van der Waals surface area contributed by atoms with Gasteiger partial charge in [-0.3, -0.25) is 14.6 Å². The first-order valence-electron chi connectivity index (χ1n) is 16.1. The first-order valence-corrected chi connectivity index (χ1v) is 16.1. The SMILES string of the molecule is COc1cc2c(Oc3ccc(NC(=O)c4ccccc4)cc3)ccnc2cc1OCCCNC(CC(C)C)C(=O)OC1CCCC1. The number of fused-ring (bicyclic) bond motifs is 1. The second-order valence-electron chi connectivity index (χ2n) is 12.0. The van der Waals surface area contributed by atoms with Crippen molar-refractivity contribution in [3.05, 3.63) is 84.6 Å². The Morgan fingerprint density at radius 1 is 0.935 bits per heavy atom. The average molecular weight is 626 g/mol. The number of ether oxygens (including phenoxy) is 4. The van der Waals surface area contributed by atoms with Gasteiger partial charge < -0.3 is 29.6 Å². The van der Waals surface area contributed by atoms with Crippen LogP contribution in [0.15, 0.2) is 79.0 Å². The van der Waals surface area contributed by atoms with E-state index in [1.807, 2.05) is 30.3 Å². The van der Waals surface area contributed by atoms with E-state index in [4.69, 9.17) is 18.9 Å². The molecule has 1 unspecified atom stereocenters. The number of nitrogens with zero attached hydrogens (tertiary/aromatic N) is 1. The summed E-state index contributed by atoms with van der Waals surface area (Å²) in [7, 11) is 1.60. The normalized spacial score (nSPS) is 13.8. The van der Waals surface area contributed by atoms with Crippen molar-refractivity contribution >= 4 is 28.5 Å². The number of nitrogens with one attached hydrogen (secondary N) is 2. The van der Waals surface area contributed by atoms with Crippen LogP contribution < -0.4 is 24.8 Å². The van der Waals surface area contributed by atoms with Crippen LogP contribution in [0, 0.1) is 5.92 Å². The fourth-order valence-corrected chi connectivity index (χ4v) is 5.53. The van der Waals surface area contributed by atoms with Gasteiger partial charge in [0.15, 0.2) is 11.5 Å². The third kappa shape index (κ3) is 8.97. The van der Waals surface area contributed by atoms with E-state index in [0.717, 1.165) is 37.5 Å². The minimum absolute atomic E-state index is 0.0622. The number of hydrogen-bond donors (Lipinski definition) is 2. The molecule has 1 fully saturated rings. The molecular weight excluding hydrogens is 582 g/mol. The lowest BCUT2D eigenvalue weighted by Crippen LogP contribution is -2.41. The number of amides is 1. The molecule has 46 heavy (non-hydrogen) atoms. The van der Waals surface area contributed by atoms with Crippen LogP contribution in [0.25, 0.3) is 10.9 Å². The molecule has 4 aromatic rings. The van der Waals surface area contributed by atoms with Gasteiger partial charge in [0, 0.05) is 28.9 Å². The fraction of sp³-hybridized carbons (Fsp3) is 0.378. The smallest absolute Gasteiger partial charge is 0.323 e. The van der Waals surface area contributed by atoms with E-state index in [0.29, 0.717) is 65.3 Å². The minimum Gasteiger partial charge on any atom is -0.493 e. The number of aromatic nitrogens is 1. The van der Waals surface area contributed by atoms with Crippen molar-refractivity contribution in [1.29, 1.82) is 0 Å². The Labute approximate surface area is 270 Å². The van der Waals surface area contributed by atoms with E-state index >= 15 is 0 Å². The van der Waals surface area contributed by atoms with E-state index in [1.165, 1.54) is 0 Å². The van der Waals surface area contributed by atoms with Gasteiger partial charge in [0.25, 0.3) is 5.91 Å². The van der Waals surface area contributed by atoms with Gasteiger partial charge in [0.05, 0.1) is 19.2 Å². The number of benzene rings is 3. The molecule has 1 aliphatic carbocycles. The van der Waals surface area contributed by atoms with Crippen molar-refractivity contribution in [2.75, 3.05) is 25.6 Å². The molecule has 1 heterocycles. The summed E-state index contributed by atoms with van der Waals surface area (Å²) in [5.74, 6) is 2.42. The highest BCUT2D eigenvalue weighted by molar-refractivity contribution is 6.04. The Morgan fingerprint density at radius 2 is 1.70 bits per heavy atom. The van der Waals surface area contributed by atoms with Crippen molar-refractivity contribution in [3.63, 3.8) is 0 Å². The quantitative estimate of drug-likeness (QED) is 0.103. The van der Waals surface area contributed by atoms with Crippen LogP contribution in [0.2, 0.25) is 0 Å². The van der Waals surface area contributed by atoms with Gasteiger partial charge in [-0.05, 0) is 99.5 Å². The molecule has 0 saturated heterocycles. The maximum Gasteiger partial charge on any atom is 0.323 e. The number of carbonyl (C=O) groups excluding carboxylic acids is 2. The molecule has 2 N–H and O–H groups in total.